The monoisotopic (exact) mass is 364 g/mol. The third-order valence-corrected chi connectivity index (χ3v) is 5.34. The van der Waals surface area contributed by atoms with E-state index in [1.165, 1.54) is 5.56 Å². The minimum atomic E-state index is -0.0342. The molecule has 3 heterocycles. The van der Waals surface area contributed by atoms with E-state index in [1.807, 2.05) is 25.3 Å². The number of nitrogens with one attached hydrogen (secondary N) is 2. The molecule has 1 aliphatic carbocycles. The molecule has 0 aromatic carbocycles. The van der Waals surface area contributed by atoms with Gasteiger partial charge in [-0.05, 0) is 50.8 Å². The van der Waals surface area contributed by atoms with Gasteiger partial charge < -0.3 is 5.32 Å². The van der Waals surface area contributed by atoms with Crippen molar-refractivity contribution in [2.75, 3.05) is 0 Å². The predicted molar refractivity (Wildman–Crippen MR) is 103 cm³/mol. The van der Waals surface area contributed by atoms with Crippen molar-refractivity contribution < 1.29 is 0 Å². The molecule has 0 spiro atoms. The topological polar surface area (TPSA) is 88.5 Å². The first-order chi connectivity index (χ1) is 13.2. The fourth-order valence-corrected chi connectivity index (χ4v) is 3.69. The first kappa shape index (κ1) is 17.6. The summed E-state index contributed by atoms with van der Waals surface area (Å²) in [6.07, 6.45) is 9.35. The molecule has 1 aliphatic rings. The molecule has 7 nitrogen and oxygen atoms in total. The van der Waals surface area contributed by atoms with Crippen LogP contribution in [-0.2, 0) is 6.54 Å². The number of hydrogen-bond donors (Lipinski definition) is 2. The van der Waals surface area contributed by atoms with Gasteiger partial charge in [-0.3, -0.25) is 14.9 Å². The van der Waals surface area contributed by atoms with Crippen LogP contribution < -0.4 is 10.9 Å². The zero-order valence-electron chi connectivity index (χ0n) is 15.4. The van der Waals surface area contributed by atoms with Crippen molar-refractivity contribution in [3.8, 4) is 11.3 Å². The van der Waals surface area contributed by atoms with Crippen LogP contribution in [0.1, 0.15) is 43.0 Å². The van der Waals surface area contributed by atoms with Gasteiger partial charge in [-0.15, -0.1) is 0 Å². The number of aryl methyl sites for hydroxylation is 1. The van der Waals surface area contributed by atoms with E-state index in [4.69, 9.17) is 0 Å². The molecule has 0 radical (unpaired) electrons. The summed E-state index contributed by atoms with van der Waals surface area (Å²) in [4.78, 5) is 16.5. The van der Waals surface area contributed by atoms with Crippen LogP contribution in [0.3, 0.4) is 0 Å². The van der Waals surface area contributed by atoms with E-state index in [0.29, 0.717) is 6.04 Å². The second kappa shape index (κ2) is 7.84. The number of aromatic nitrogens is 5. The maximum absolute atomic E-state index is 12.4. The number of rotatable bonds is 5. The summed E-state index contributed by atoms with van der Waals surface area (Å²) in [5.74, 6) is 0. The van der Waals surface area contributed by atoms with Crippen LogP contribution in [0.5, 0.6) is 0 Å². The van der Waals surface area contributed by atoms with E-state index in [-0.39, 0.29) is 11.6 Å². The minimum Gasteiger partial charge on any atom is -0.310 e. The van der Waals surface area contributed by atoms with Crippen LogP contribution in [0, 0.1) is 6.92 Å². The first-order valence-corrected chi connectivity index (χ1v) is 9.43. The number of nitrogens with zero attached hydrogens (tertiary/aromatic N) is 4. The standard InChI is InChI=1S/C20H24N6O/c1-14-16(13-23-24-14)12-22-17-4-6-18(7-5-17)26-20(27)9-8-19(25-26)15-3-2-10-21-11-15/h2-3,8-11,13,17-18,22H,4-7,12H2,1H3,(H,23,24). The second-order valence-electron chi connectivity index (χ2n) is 7.15. The molecule has 0 unspecified atom stereocenters. The highest BCUT2D eigenvalue weighted by molar-refractivity contribution is 5.56. The van der Waals surface area contributed by atoms with Crippen LogP contribution in [0.15, 0.2) is 47.7 Å². The predicted octanol–water partition coefficient (Wildman–Crippen LogP) is 2.61. The zero-order chi connectivity index (χ0) is 18.6. The molecule has 7 heteroatoms. The lowest BCUT2D eigenvalue weighted by atomic mass is 9.91. The Balaban J connectivity index is 1.41. The molecule has 27 heavy (non-hydrogen) atoms. The van der Waals surface area contributed by atoms with Gasteiger partial charge in [0.15, 0.2) is 0 Å². The maximum atomic E-state index is 12.4. The van der Waals surface area contributed by atoms with Crippen LogP contribution >= 0.6 is 0 Å². The third kappa shape index (κ3) is 3.98. The van der Waals surface area contributed by atoms with Crippen molar-refractivity contribution in [1.29, 1.82) is 0 Å². The number of aromatic amines is 1. The SMILES string of the molecule is Cc1[nH]ncc1CNC1CCC(n2nc(-c3cccnc3)ccc2=O)CC1. The molecule has 0 amide bonds. The third-order valence-electron chi connectivity index (χ3n) is 5.34. The maximum Gasteiger partial charge on any atom is 0.267 e. The Morgan fingerprint density at radius 3 is 2.74 bits per heavy atom. The fourth-order valence-electron chi connectivity index (χ4n) is 3.69. The Bertz CT molecular complexity index is 940. The molecule has 0 aliphatic heterocycles. The van der Waals surface area contributed by atoms with Crippen molar-refractivity contribution >= 4 is 0 Å². The summed E-state index contributed by atoms with van der Waals surface area (Å²) < 4.78 is 1.67. The lowest BCUT2D eigenvalue weighted by Crippen LogP contribution is -2.36. The van der Waals surface area contributed by atoms with Crippen molar-refractivity contribution in [2.24, 2.45) is 0 Å². The number of H-pyrrole nitrogens is 1. The lowest BCUT2D eigenvalue weighted by Gasteiger charge is -2.29. The van der Waals surface area contributed by atoms with Crippen molar-refractivity contribution in [3.63, 3.8) is 0 Å². The minimum absolute atomic E-state index is 0.0342. The van der Waals surface area contributed by atoms with E-state index >= 15 is 0 Å². The quantitative estimate of drug-likeness (QED) is 0.726. The zero-order valence-corrected chi connectivity index (χ0v) is 15.4. The van der Waals surface area contributed by atoms with Gasteiger partial charge in [0.2, 0.25) is 0 Å². The largest absolute Gasteiger partial charge is 0.310 e. The second-order valence-corrected chi connectivity index (χ2v) is 7.15. The summed E-state index contributed by atoms with van der Waals surface area (Å²) in [5, 5.41) is 15.3. The molecule has 1 saturated carbocycles. The highest BCUT2D eigenvalue weighted by atomic mass is 16.1. The average Bonchev–Trinajstić information content (AvgIpc) is 3.13. The van der Waals surface area contributed by atoms with Crippen LogP contribution in [0.25, 0.3) is 11.3 Å². The van der Waals surface area contributed by atoms with Crippen LogP contribution in [0.2, 0.25) is 0 Å². The van der Waals surface area contributed by atoms with Gasteiger partial charge in [0.05, 0.1) is 17.9 Å². The van der Waals surface area contributed by atoms with Gasteiger partial charge in [-0.1, -0.05) is 0 Å². The Labute approximate surface area is 157 Å². The summed E-state index contributed by atoms with van der Waals surface area (Å²) in [6, 6.07) is 7.85. The van der Waals surface area contributed by atoms with E-state index in [1.54, 1.807) is 29.2 Å². The molecular weight excluding hydrogens is 340 g/mol. The number of hydrogen-bond acceptors (Lipinski definition) is 5. The first-order valence-electron chi connectivity index (χ1n) is 9.43. The highest BCUT2D eigenvalue weighted by Gasteiger charge is 2.24. The highest BCUT2D eigenvalue weighted by Crippen LogP contribution is 2.27. The fraction of sp³-hybridized carbons (Fsp3) is 0.400. The van der Waals surface area contributed by atoms with Gasteiger partial charge in [-0.25, -0.2) is 4.68 Å². The van der Waals surface area contributed by atoms with E-state index in [9.17, 15) is 4.79 Å². The normalized spacial score (nSPS) is 19.9. The van der Waals surface area contributed by atoms with Crippen LogP contribution in [-0.4, -0.2) is 31.0 Å². The summed E-state index contributed by atoms with van der Waals surface area (Å²) in [6.45, 7) is 2.86. The molecule has 0 atom stereocenters. The molecule has 1 fully saturated rings. The summed E-state index contributed by atoms with van der Waals surface area (Å²) in [7, 11) is 0. The molecule has 140 valence electrons. The van der Waals surface area contributed by atoms with E-state index < -0.39 is 0 Å². The molecular formula is C20H24N6O. The summed E-state index contributed by atoms with van der Waals surface area (Å²) in [5.41, 5.74) is 4.00. The molecule has 4 rings (SSSR count). The van der Waals surface area contributed by atoms with Gasteiger partial charge in [0, 0.05) is 47.9 Å². The Morgan fingerprint density at radius 1 is 1.19 bits per heavy atom. The van der Waals surface area contributed by atoms with Gasteiger partial charge in [0.1, 0.15) is 0 Å². The Hall–Kier alpha value is -2.80. The van der Waals surface area contributed by atoms with Crippen molar-refractivity contribution in [2.45, 2.75) is 51.2 Å². The van der Waals surface area contributed by atoms with Gasteiger partial charge in [0.25, 0.3) is 5.56 Å². The number of pyridine rings is 1. The van der Waals surface area contributed by atoms with Crippen molar-refractivity contribution in [3.05, 3.63) is 64.5 Å². The lowest BCUT2D eigenvalue weighted by molar-refractivity contribution is 0.269. The molecule has 2 N–H and O–H groups in total. The summed E-state index contributed by atoms with van der Waals surface area (Å²) >= 11 is 0. The molecule has 3 aromatic heterocycles. The molecule has 0 saturated heterocycles. The molecule has 0 bridgehead atoms. The average molecular weight is 364 g/mol. The van der Waals surface area contributed by atoms with Crippen LogP contribution in [0.4, 0.5) is 0 Å². The van der Waals surface area contributed by atoms with Gasteiger partial charge >= 0.3 is 0 Å². The van der Waals surface area contributed by atoms with Crippen molar-refractivity contribution in [1.82, 2.24) is 30.3 Å². The smallest absolute Gasteiger partial charge is 0.267 e. The Kier molecular flexibility index (Phi) is 5.11. The van der Waals surface area contributed by atoms with E-state index in [2.05, 4.69) is 25.6 Å². The van der Waals surface area contributed by atoms with E-state index in [0.717, 1.165) is 49.2 Å². The van der Waals surface area contributed by atoms with Gasteiger partial charge in [-0.2, -0.15) is 10.2 Å². The molecule has 3 aromatic rings. The Morgan fingerprint density at radius 2 is 2.04 bits per heavy atom.